The van der Waals surface area contributed by atoms with Gasteiger partial charge in [0.05, 0.1) is 0 Å². The maximum atomic E-state index is 5.73. The minimum atomic E-state index is 0.573. The van der Waals surface area contributed by atoms with Crippen molar-refractivity contribution in [3.05, 3.63) is 22.2 Å². The van der Waals surface area contributed by atoms with Gasteiger partial charge in [0.2, 0.25) is 0 Å². The van der Waals surface area contributed by atoms with Gasteiger partial charge in [-0.25, -0.2) is 4.98 Å². The average Bonchev–Trinajstić information content (AvgIpc) is 2.66. The minimum Gasteiger partial charge on any atom is -0.361 e. The molecule has 3 nitrogen and oxygen atoms in total. The van der Waals surface area contributed by atoms with E-state index in [4.69, 9.17) is 11.6 Å². The van der Waals surface area contributed by atoms with E-state index in [2.05, 4.69) is 21.7 Å². The second-order valence-corrected chi connectivity index (χ2v) is 4.71. The summed E-state index contributed by atoms with van der Waals surface area (Å²) in [7, 11) is 0. The predicted octanol–water partition coefficient (Wildman–Crippen LogP) is 2.52. The van der Waals surface area contributed by atoms with E-state index in [-0.39, 0.29) is 0 Å². The Bertz CT molecular complexity index is 348. The molecule has 0 radical (unpaired) electrons. The maximum Gasteiger partial charge on any atom is 0.184 e. The number of halogens is 1. The normalized spacial score (nSPS) is 16.2. The molecule has 2 heterocycles. The topological polar surface area (TPSA) is 37.0 Å². The summed E-state index contributed by atoms with van der Waals surface area (Å²) in [5, 5.41) is 9.90. The number of nitrogens with one attached hydrogen (secondary N) is 2. The SMILES string of the molecule is Clc1csc(NCCC2=CCNCC2)n1. The number of anilines is 1. The van der Waals surface area contributed by atoms with Crippen LogP contribution in [-0.2, 0) is 0 Å². The molecule has 0 unspecified atom stereocenters. The van der Waals surface area contributed by atoms with Crippen LogP contribution in [0.5, 0.6) is 0 Å². The average molecular weight is 244 g/mol. The van der Waals surface area contributed by atoms with Gasteiger partial charge < -0.3 is 10.6 Å². The van der Waals surface area contributed by atoms with E-state index in [0.29, 0.717) is 5.15 Å². The van der Waals surface area contributed by atoms with Gasteiger partial charge >= 0.3 is 0 Å². The molecule has 0 fully saturated rings. The zero-order valence-electron chi connectivity index (χ0n) is 8.42. The Labute approximate surface area is 98.6 Å². The Morgan fingerprint density at radius 3 is 3.20 bits per heavy atom. The smallest absolute Gasteiger partial charge is 0.184 e. The largest absolute Gasteiger partial charge is 0.361 e. The monoisotopic (exact) mass is 243 g/mol. The van der Waals surface area contributed by atoms with Crippen molar-refractivity contribution in [1.82, 2.24) is 10.3 Å². The van der Waals surface area contributed by atoms with Crippen LogP contribution in [0, 0.1) is 0 Å². The van der Waals surface area contributed by atoms with Crippen LogP contribution in [0.15, 0.2) is 17.0 Å². The molecular weight excluding hydrogens is 230 g/mol. The van der Waals surface area contributed by atoms with Crippen LogP contribution < -0.4 is 10.6 Å². The third-order valence-electron chi connectivity index (χ3n) is 2.36. The molecule has 0 amide bonds. The highest BCUT2D eigenvalue weighted by Crippen LogP contribution is 2.19. The Morgan fingerprint density at radius 1 is 1.60 bits per heavy atom. The van der Waals surface area contributed by atoms with Crippen molar-refractivity contribution in [2.75, 3.05) is 25.0 Å². The van der Waals surface area contributed by atoms with Crippen molar-refractivity contribution < 1.29 is 0 Å². The molecule has 0 bridgehead atoms. The molecule has 1 aromatic heterocycles. The van der Waals surface area contributed by atoms with E-state index < -0.39 is 0 Å². The number of hydrogen-bond acceptors (Lipinski definition) is 4. The molecule has 5 heteroatoms. The van der Waals surface area contributed by atoms with Crippen LogP contribution in [0.2, 0.25) is 5.15 Å². The van der Waals surface area contributed by atoms with Gasteiger partial charge in [0.15, 0.2) is 5.13 Å². The molecule has 1 aliphatic rings. The molecule has 0 saturated carbocycles. The first kappa shape index (κ1) is 10.9. The summed E-state index contributed by atoms with van der Waals surface area (Å²) in [4.78, 5) is 4.13. The maximum absolute atomic E-state index is 5.73. The number of rotatable bonds is 4. The van der Waals surface area contributed by atoms with Crippen LogP contribution >= 0.6 is 22.9 Å². The van der Waals surface area contributed by atoms with Crippen molar-refractivity contribution in [2.45, 2.75) is 12.8 Å². The van der Waals surface area contributed by atoms with Crippen molar-refractivity contribution >= 4 is 28.1 Å². The van der Waals surface area contributed by atoms with Gasteiger partial charge in [0, 0.05) is 18.5 Å². The molecule has 82 valence electrons. The van der Waals surface area contributed by atoms with Crippen molar-refractivity contribution in [3.63, 3.8) is 0 Å². The molecule has 2 N–H and O–H groups in total. The highest BCUT2D eigenvalue weighted by atomic mass is 35.5. The van der Waals surface area contributed by atoms with Gasteiger partial charge in [-0.3, -0.25) is 0 Å². The predicted molar refractivity (Wildman–Crippen MR) is 65.8 cm³/mol. The number of aromatic nitrogens is 1. The lowest BCUT2D eigenvalue weighted by atomic mass is 10.1. The molecule has 0 saturated heterocycles. The lowest BCUT2D eigenvalue weighted by Crippen LogP contribution is -2.21. The summed E-state index contributed by atoms with van der Waals surface area (Å²) < 4.78 is 0. The highest BCUT2D eigenvalue weighted by Gasteiger charge is 2.03. The third-order valence-corrected chi connectivity index (χ3v) is 3.48. The standard InChI is InChI=1S/C10H14ClN3S/c11-9-7-15-10(14-9)13-6-3-8-1-4-12-5-2-8/h1,7,12H,2-6H2,(H,13,14). The Balaban J connectivity index is 1.72. The molecule has 2 rings (SSSR count). The van der Waals surface area contributed by atoms with E-state index in [1.165, 1.54) is 12.0 Å². The summed E-state index contributed by atoms with van der Waals surface area (Å²) in [5.41, 5.74) is 1.53. The van der Waals surface area contributed by atoms with Gasteiger partial charge in [-0.05, 0) is 19.4 Å². The van der Waals surface area contributed by atoms with Crippen LogP contribution in [0.3, 0.4) is 0 Å². The summed E-state index contributed by atoms with van der Waals surface area (Å²) >= 11 is 7.28. The zero-order valence-corrected chi connectivity index (χ0v) is 10.00. The highest BCUT2D eigenvalue weighted by molar-refractivity contribution is 7.14. The van der Waals surface area contributed by atoms with Gasteiger partial charge in [0.25, 0.3) is 0 Å². The summed E-state index contributed by atoms with van der Waals surface area (Å²) in [6.45, 7) is 3.06. The minimum absolute atomic E-state index is 0.573. The van der Waals surface area contributed by atoms with Crippen molar-refractivity contribution in [2.24, 2.45) is 0 Å². The third kappa shape index (κ3) is 3.48. The first-order valence-corrected chi connectivity index (χ1v) is 6.34. The van der Waals surface area contributed by atoms with Gasteiger partial charge in [0.1, 0.15) is 5.15 Å². The molecule has 0 spiro atoms. The van der Waals surface area contributed by atoms with E-state index in [9.17, 15) is 0 Å². The number of hydrogen-bond donors (Lipinski definition) is 2. The molecule has 1 aliphatic heterocycles. The van der Waals surface area contributed by atoms with Crippen LogP contribution in [0.4, 0.5) is 5.13 Å². The molecule has 0 aliphatic carbocycles. The van der Waals surface area contributed by atoms with Crippen LogP contribution in [0.25, 0.3) is 0 Å². The first-order valence-electron chi connectivity index (χ1n) is 5.08. The zero-order chi connectivity index (χ0) is 10.5. The Hall–Kier alpha value is -0.580. The second-order valence-electron chi connectivity index (χ2n) is 3.47. The lowest BCUT2D eigenvalue weighted by Gasteiger charge is -2.13. The fourth-order valence-electron chi connectivity index (χ4n) is 1.56. The van der Waals surface area contributed by atoms with Crippen molar-refractivity contribution in [3.8, 4) is 0 Å². The molecule has 0 aromatic carbocycles. The van der Waals surface area contributed by atoms with Crippen LogP contribution in [0.1, 0.15) is 12.8 Å². The first-order chi connectivity index (χ1) is 7.34. The van der Waals surface area contributed by atoms with Gasteiger partial charge in [-0.1, -0.05) is 23.3 Å². The van der Waals surface area contributed by atoms with Crippen LogP contribution in [-0.4, -0.2) is 24.6 Å². The molecular formula is C10H14ClN3S. The van der Waals surface area contributed by atoms with Gasteiger partial charge in [-0.2, -0.15) is 0 Å². The fraction of sp³-hybridized carbons (Fsp3) is 0.500. The molecule has 1 aromatic rings. The van der Waals surface area contributed by atoms with Crippen molar-refractivity contribution in [1.29, 1.82) is 0 Å². The number of nitrogens with zero attached hydrogens (tertiary/aromatic N) is 1. The molecule has 15 heavy (non-hydrogen) atoms. The molecule has 0 atom stereocenters. The second kappa shape index (κ2) is 5.49. The summed E-state index contributed by atoms with van der Waals surface area (Å²) in [6, 6.07) is 0. The van der Waals surface area contributed by atoms with Gasteiger partial charge in [-0.15, -0.1) is 11.3 Å². The van der Waals surface area contributed by atoms with E-state index in [1.54, 1.807) is 11.3 Å². The lowest BCUT2D eigenvalue weighted by molar-refractivity contribution is 0.683. The van der Waals surface area contributed by atoms with E-state index >= 15 is 0 Å². The quantitative estimate of drug-likeness (QED) is 0.798. The van der Waals surface area contributed by atoms with E-state index in [1.807, 2.05) is 5.38 Å². The number of thiazole rings is 1. The fourth-order valence-corrected chi connectivity index (χ4v) is 2.43. The Kier molecular flexibility index (Phi) is 4.00. The van der Waals surface area contributed by atoms with E-state index in [0.717, 1.165) is 31.2 Å². The Morgan fingerprint density at radius 2 is 2.53 bits per heavy atom. The summed E-state index contributed by atoms with van der Waals surface area (Å²) in [6.07, 6.45) is 4.54. The summed E-state index contributed by atoms with van der Waals surface area (Å²) in [5.74, 6) is 0.